The molecule has 1 N–H and O–H groups in total. The fraction of sp³-hybridized carbons (Fsp3) is 0.240. The lowest BCUT2D eigenvalue weighted by atomic mass is 10.1. The largest absolute Gasteiger partial charge is 0.322 e. The van der Waals surface area contributed by atoms with Crippen LogP contribution in [0.1, 0.15) is 41.3 Å². The number of rotatable bonds is 7. The molecule has 0 aliphatic carbocycles. The molecule has 1 amide bonds. The van der Waals surface area contributed by atoms with Gasteiger partial charge in [-0.05, 0) is 85.0 Å². The zero-order valence-corrected chi connectivity index (χ0v) is 19.4. The van der Waals surface area contributed by atoms with E-state index in [0.717, 1.165) is 30.5 Å². The van der Waals surface area contributed by atoms with Crippen molar-refractivity contribution in [3.63, 3.8) is 0 Å². The molecule has 4 rings (SSSR count). The fourth-order valence-corrected chi connectivity index (χ4v) is 5.46. The van der Waals surface area contributed by atoms with Gasteiger partial charge in [0.15, 0.2) is 0 Å². The highest BCUT2D eigenvalue weighted by molar-refractivity contribution is 7.92. The van der Waals surface area contributed by atoms with Crippen LogP contribution in [0, 0.1) is 0 Å². The Balaban J connectivity index is 1.50. The van der Waals surface area contributed by atoms with Crippen molar-refractivity contribution in [3.05, 3.63) is 88.4 Å². The summed E-state index contributed by atoms with van der Waals surface area (Å²) in [6.45, 7) is 2.50. The third-order valence-electron chi connectivity index (χ3n) is 5.63. The molecule has 0 aromatic heterocycles. The number of benzene rings is 3. The number of nitrogens with zero attached hydrogens (tertiary/aromatic N) is 1. The molecule has 0 atom stereocenters. The van der Waals surface area contributed by atoms with E-state index in [-0.39, 0.29) is 10.8 Å². The number of hydrogen-bond acceptors (Lipinski definition) is 3. The van der Waals surface area contributed by atoms with Gasteiger partial charge in [-0.2, -0.15) is 0 Å². The second-order valence-corrected chi connectivity index (χ2v) is 10.2. The summed E-state index contributed by atoms with van der Waals surface area (Å²) < 4.78 is 27.5. The molecule has 32 heavy (non-hydrogen) atoms. The monoisotopic (exact) mass is 468 g/mol. The molecule has 3 aromatic rings. The Morgan fingerprint density at radius 2 is 1.75 bits per heavy atom. The molecule has 0 radical (unpaired) electrons. The first-order valence-corrected chi connectivity index (χ1v) is 12.5. The second-order valence-electron chi connectivity index (χ2n) is 7.88. The highest BCUT2D eigenvalue weighted by Gasteiger charge is 2.31. The van der Waals surface area contributed by atoms with Crippen LogP contribution in [-0.4, -0.2) is 20.9 Å². The first kappa shape index (κ1) is 22.4. The number of carbonyl (C=O) groups is 1. The normalized spacial score (nSPS) is 13.1. The zero-order chi connectivity index (χ0) is 22.7. The molecule has 166 valence electrons. The van der Waals surface area contributed by atoms with Crippen LogP contribution in [0.25, 0.3) is 0 Å². The average molecular weight is 469 g/mol. The van der Waals surface area contributed by atoms with Crippen molar-refractivity contribution in [2.24, 2.45) is 0 Å². The summed E-state index contributed by atoms with van der Waals surface area (Å²) in [6.07, 6.45) is 3.88. The summed E-state index contributed by atoms with van der Waals surface area (Å²) in [5.74, 6) is -0.215. The first-order chi connectivity index (χ1) is 15.4. The SMILES string of the molecule is CCCCc1ccc(NC(=O)c2ccc3c(c2)CCN3S(=O)(=O)c2ccc(Cl)cc2)cc1. The summed E-state index contributed by atoms with van der Waals surface area (Å²) in [4.78, 5) is 12.9. The van der Waals surface area contributed by atoms with Crippen molar-refractivity contribution < 1.29 is 13.2 Å². The van der Waals surface area contributed by atoms with Crippen molar-refractivity contribution in [1.82, 2.24) is 0 Å². The highest BCUT2D eigenvalue weighted by Crippen LogP contribution is 2.34. The van der Waals surface area contributed by atoms with Crippen LogP contribution in [0.5, 0.6) is 0 Å². The van der Waals surface area contributed by atoms with Gasteiger partial charge < -0.3 is 5.32 Å². The van der Waals surface area contributed by atoms with Gasteiger partial charge in [0, 0.05) is 22.8 Å². The zero-order valence-electron chi connectivity index (χ0n) is 17.8. The Labute approximate surface area is 194 Å². The second kappa shape index (κ2) is 9.35. The molecule has 0 saturated carbocycles. The van der Waals surface area contributed by atoms with Gasteiger partial charge in [0.1, 0.15) is 0 Å². The Morgan fingerprint density at radius 1 is 1.03 bits per heavy atom. The van der Waals surface area contributed by atoms with E-state index in [4.69, 9.17) is 11.6 Å². The van der Waals surface area contributed by atoms with Gasteiger partial charge in [-0.3, -0.25) is 9.10 Å². The predicted molar refractivity (Wildman–Crippen MR) is 129 cm³/mol. The Hall–Kier alpha value is -2.83. The molecule has 0 bridgehead atoms. The number of anilines is 2. The van der Waals surface area contributed by atoms with Crippen LogP contribution in [0.15, 0.2) is 71.6 Å². The van der Waals surface area contributed by atoms with Crippen LogP contribution in [0.4, 0.5) is 11.4 Å². The van der Waals surface area contributed by atoms with Crippen molar-refractivity contribution in [2.75, 3.05) is 16.2 Å². The summed E-state index contributed by atoms with van der Waals surface area (Å²) in [7, 11) is -3.69. The number of nitrogens with one attached hydrogen (secondary N) is 1. The van der Waals surface area contributed by atoms with Crippen LogP contribution < -0.4 is 9.62 Å². The van der Waals surface area contributed by atoms with E-state index >= 15 is 0 Å². The van der Waals surface area contributed by atoms with Gasteiger partial charge in [-0.15, -0.1) is 0 Å². The maximum atomic E-state index is 13.1. The number of sulfonamides is 1. The highest BCUT2D eigenvalue weighted by atomic mass is 35.5. The van der Waals surface area contributed by atoms with E-state index < -0.39 is 10.0 Å². The fourth-order valence-electron chi connectivity index (χ4n) is 3.84. The van der Waals surface area contributed by atoms with Gasteiger partial charge >= 0.3 is 0 Å². The number of hydrogen-bond donors (Lipinski definition) is 1. The van der Waals surface area contributed by atoms with Gasteiger partial charge in [0.25, 0.3) is 15.9 Å². The predicted octanol–water partition coefficient (Wildman–Crippen LogP) is 5.69. The Morgan fingerprint density at radius 3 is 2.44 bits per heavy atom. The molecule has 0 saturated heterocycles. The van der Waals surface area contributed by atoms with Crippen LogP contribution in [0.2, 0.25) is 5.02 Å². The number of carbonyl (C=O) groups excluding carboxylic acids is 1. The lowest BCUT2D eigenvalue weighted by molar-refractivity contribution is 0.102. The van der Waals surface area contributed by atoms with E-state index in [9.17, 15) is 13.2 Å². The molecular weight excluding hydrogens is 444 g/mol. The molecule has 7 heteroatoms. The molecule has 5 nitrogen and oxygen atoms in total. The molecular formula is C25H25ClN2O3S. The maximum Gasteiger partial charge on any atom is 0.264 e. The molecule has 0 spiro atoms. The topological polar surface area (TPSA) is 66.5 Å². The lowest BCUT2D eigenvalue weighted by Crippen LogP contribution is -2.29. The first-order valence-electron chi connectivity index (χ1n) is 10.7. The van der Waals surface area contributed by atoms with Crippen molar-refractivity contribution in [2.45, 2.75) is 37.5 Å². The maximum absolute atomic E-state index is 13.1. The standard InChI is InChI=1S/C25H25ClN2O3S/c1-2-3-4-18-5-10-22(11-6-18)27-25(29)20-7-14-24-19(17-20)15-16-28(24)32(30,31)23-12-8-21(26)9-13-23/h5-14,17H,2-4,15-16H2,1H3,(H,27,29). The minimum absolute atomic E-state index is 0.193. The summed E-state index contributed by atoms with van der Waals surface area (Å²) in [6, 6.07) is 19.2. The molecule has 0 fully saturated rings. The average Bonchev–Trinajstić information content (AvgIpc) is 3.23. The third-order valence-corrected chi connectivity index (χ3v) is 7.71. The van der Waals surface area contributed by atoms with Crippen molar-refractivity contribution in [1.29, 1.82) is 0 Å². The minimum Gasteiger partial charge on any atom is -0.322 e. The number of aryl methyl sites for hydroxylation is 1. The van der Waals surface area contributed by atoms with E-state index in [1.54, 1.807) is 30.3 Å². The third kappa shape index (κ3) is 4.66. The van der Waals surface area contributed by atoms with E-state index in [1.165, 1.54) is 22.0 Å². The summed E-state index contributed by atoms with van der Waals surface area (Å²) >= 11 is 5.89. The summed E-state index contributed by atoms with van der Waals surface area (Å²) in [5.41, 5.74) is 3.94. The van der Waals surface area contributed by atoms with Gasteiger partial charge in [-0.1, -0.05) is 37.1 Å². The van der Waals surface area contributed by atoms with E-state index in [1.807, 2.05) is 24.3 Å². The lowest BCUT2D eigenvalue weighted by Gasteiger charge is -2.19. The van der Waals surface area contributed by atoms with E-state index in [0.29, 0.717) is 29.2 Å². The quantitative estimate of drug-likeness (QED) is 0.484. The Bertz CT molecular complexity index is 1220. The van der Waals surface area contributed by atoms with Crippen molar-refractivity contribution >= 4 is 38.9 Å². The van der Waals surface area contributed by atoms with Crippen LogP contribution >= 0.6 is 11.6 Å². The van der Waals surface area contributed by atoms with Crippen molar-refractivity contribution in [3.8, 4) is 0 Å². The van der Waals surface area contributed by atoms with Gasteiger partial charge in [-0.25, -0.2) is 8.42 Å². The van der Waals surface area contributed by atoms with Crippen LogP contribution in [0.3, 0.4) is 0 Å². The summed E-state index contributed by atoms with van der Waals surface area (Å²) in [5, 5.41) is 3.41. The number of unbranched alkanes of at least 4 members (excludes halogenated alkanes) is 1. The molecule has 1 aliphatic rings. The molecule has 1 aliphatic heterocycles. The van der Waals surface area contributed by atoms with Gasteiger partial charge in [0.2, 0.25) is 0 Å². The van der Waals surface area contributed by atoms with Crippen LogP contribution in [-0.2, 0) is 22.9 Å². The van der Waals surface area contributed by atoms with Gasteiger partial charge in [0.05, 0.1) is 10.6 Å². The molecule has 3 aromatic carbocycles. The number of fused-ring (bicyclic) bond motifs is 1. The number of amides is 1. The molecule has 0 unspecified atom stereocenters. The van der Waals surface area contributed by atoms with E-state index in [2.05, 4.69) is 12.2 Å². The Kier molecular flexibility index (Phi) is 6.53. The minimum atomic E-state index is -3.69. The number of halogens is 1. The smallest absolute Gasteiger partial charge is 0.264 e. The molecule has 1 heterocycles.